The van der Waals surface area contributed by atoms with Crippen LogP contribution in [-0.4, -0.2) is 0 Å². The normalized spacial score (nSPS) is 10.3. The Kier molecular flexibility index (Phi) is 4.23. The van der Waals surface area contributed by atoms with Gasteiger partial charge in [-0.15, -0.1) is 0 Å². The van der Waals surface area contributed by atoms with E-state index in [1.54, 1.807) is 0 Å². The topological polar surface area (TPSA) is 12.0 Å². The zero-order chi connectivity index (χ0) is 14.5. The number of benzene rings is 3. The van der Waals surface area contributed by atoms with Gasteiger partial charge in [0.15, 0.2) is 0 Å². The minimum absolute atomic E-state index is 0.767. The zero-order valence-corrected chi connectivity index (χ0v) is 12.3. The van der Waals surface area contributed by atoms with Crippen LogP contribution < -0.4 is 5.32 Å². The van der Waals surface area contributed by atoms with Crippen LogP contribution in [0.5, 0.6) is 0 Å². The predicted octanol–water partition coefficient (Wildman–Crippen LogP) is 5.62. The van der Waals surface area contributed by atoms with Gasteiger partial charge in [-0.1, -0.05) is 72.3 Å². The van der Waals surface area contributed by atoms with Crippen molar-refractivity contribution < 1.29 is 0 Å². The molecule has 21 heavy (non-hydrogen) atoms. The number of anilines is 1. The van der Waals surface area contributed by atoms with Crippen molar-refractivity contribution in [2.45, 2.75) is 6.54 Å². The van der Waals surface area contributed by atoms with Crippen LogP contribution in [0.25, 0.3) is 11.1 Å². The largest absolute Gasteiger partial charge is 0.380 e. The molecule has 0 aromatic heterocycles. The van der Waals surface area contributed by atoms with Crippen molar-refractivity contribution in [3.63, 3.8) is 0 Å². The van der Waals surface area contributed by atoms with Gasteiger partial charge in [0.2, 0.25) is 0 Å². The minimum Gasteiger partial charge on any atom is -0.380 e. The van der Waals surface area contributed by atoms with Gasteiger partial charge < -0.3 is 5.32 Å². The second kappa shape index (κ2) is 6.47. The molecule has 3 rings (SSSR count). The molecule has 0 saturated carbocycles. The third kappa shape index (κ3) is 3.45. The van der Waals surface area contributed by atoms with Gasteiger partial charge in [0.25, 0.3) is 0 Å². The van der Waals surface area contributed by atoms with Gasteiger partial charge in [-0.2, -0.15) is 0 Å². The summed E-state index contributed by atoms with van der Waals surface area (Å²) in [6.45, 7) is 0.779. The summed E-state index contributed by atoms with van der Waals surface area (Å²) in [5.74, 6) is 0. The van der Waals surface area contributed by atoms with Crippen LogP contribution in [-0.2, 0) is 6.54 Å². The molecular formula is C19H16ClN. The quantitative estimate of drug-likeness (QED) is 0.658. The molecule has 0 fully saturated rings. The lowest BCUT2D eigenvalue weighted by molar-refractivity contribution is 1.15. The van der Waals surface area contributed by atoms with E-state index < -0.39 is 0 Å². The first-order valence-electron chi connectivity index (χ1n) is 6.96. The van der Waals surface area contributed by atoms with E-state index in [1.165, 1.54) is 16.7 Å². The number of hydrogen-bond donors (Lipinski definition) is 1. The van der Waals surface area contributed by atoms with Gasteiger partial charge >= 0.3 is 0 Å². The molecule has 2 heteroatoms. The molecule has 0 aliphatic rings. The van der Waals surface area contributed by atoms with Crippen molar-refractivity contribution in [2.24, 2.45) is 0 Å². The Hall–Kier alpha value is -2.25. The van der Waals surface area contributed by atoms with Crippen LogP contribution >= 0.6 is 11.6 Å². The van der Waals surface area contributed by atoms with Crippen molar-refractivity contribution in [1.82, 2.24) is 0 Å². The predicted molar refractivity (Wildman–Crippen MR) is 90.7 cm³/mol. The number of nitrogens with one attached hydrogen (secondary N) is 1. The van der Waals surface area contributed by atoms with E-state index >= 15 is 0 Å². The number of hydrogen-bond acceptors (Lipinski definition) is 1. The zero-order valence-electron chi connectivity index (χ0n) is 11.6. The fourth-order valence-electron chi connectivity index (χ4n) is 2.31. The molecule has 0 amide bonds. The van der Waals surface area contributed by atoms with Crippen LogP contribution in [0, 0.1) is 0 Å². The summed E-state index contributed by atoms with van der Waals surface area (Å²) in [6.07, 6.45) is 0. The Morgan fingerprint density at radius 2 is 1.38 bits per heavy atom. The SMILES string of the molecule is Clc1ccc(CNc2ccccc2-c2ccccc2)cc1. The summed E-state index contributed by atoms with van der Waals surface area (Å²) in [4.78, 5) is 0. The maximum atomic E-state index is 5.91. The highest BCUT2D eigenvalue weighted by Gasteiger charge is 2.03. The van der Waals surface area contributed by atoms with E-state index in [4.69, 9.17) is 11.6 Å². The summed E-state index contributed by atoms with van der Waals surface area (Å²) >= 11 is 5.91. The highest BCUT2D eigenvalue weighted by molar-refractivity contribution is 6.30. The van der Waals surface area contributed by atoms with E-state index in [1.807, 2.05) is 30.3 Å². The van der Waals surface area contributed by atoms with Gasteiger partial charge in [0.05, 0.1) is 0 Å². The molecule has 0 atom stereocenters. The van der Waals surface area contributed by atoms with Gasteiger partial charge in [0, 0.05) is 22.8 Å². The molecule has 0 heterocycles. The molecule has 0 unspecified atom stereocenters. The second-order valence-electron chi connectivity index (χ2n) is 4.89. The molecule has 0 bridgehead atoms. The summed E-state index contributed by atoms with van der Waals surface area (Å²) in [5.41, 5.74) is 4.78. The first-order chi connectivity index (χ1) is 10.3. The van der Waals surface area contributed by atoms with Gasteiger partial charge in [0.1, 0.15) is 0 Å². The molecular weight excluding hydrogens is 278 g/mol. The van der Waals surface area contributed by atoms with Crippen molar-refractivity contribution >= 4 is 17.3 Å². The first-order valence-corrected chi connectivity index (χ1v) is 7.33. The Bertz CT molecular complexity index is 705. The lowest BCUT2D eigenvalue weighted by Gasteiger charge is -2.12. The standard InChI is InChI=1S/C19H16ClN/c20-17-12-10-15(11-13-17)14-21-19-9-5-4-8-18(19)16-6-2-1-3-7-16/h1-13,21H,14H2. The number of rotatable bonds is 4. The molecule has 3 aromatic carbocycles. The molecule has 0 aliphatic carbocycles. The molecule has 1 nitrogen and oxygen atoms in total. The molecule has 0 radical (unpaired) electrons. The van der Waals surface area contributed by atoms with Crippen LogP contribution in [0.1, 0.15) is 5.56 Å². The smallest absolute Gasteiger partial charge is 0.0422 e. The Balaban J connectivity index is 1.81. The monoisotopic (exact) mass is 293 g/mol. The van der Waals surface area contributed by atoms with Crippen molar-refractivity contribution in [3.05, 3.63) is 89.4 Å². The fourth-order valence-corrected chi connectivity index (χ4v) is 2.43. The van der Waals surface area contributed by atoms with E-state index in [2.05, 4.69) is 53.8 Å². The maximum Gasteiger partial charge on any atom is 0.0422 e. The first kappa shape index (κ1) is 13.7. The molecule has 0 aliphatic heterocycles. The number of para-hydroxylation sites is 1. The number of halogens is 1. The molecule has 104 valence electrons. The lowest BCUT2D eigenvalue weighted by Crippen LogP contribution is -2.00. The summed E-state index contributed by atoms with van der Waals surface area (Å²) in [5, 5.41) is 4.27. The summed E-state index contributed by atoms with van der Waals surface area (Å²) in [6, 6.07) is 26.7. The fraction of sp³-hybridized carbons (Fsp3) is 0.0526. The minimum atomic E-state index is 0.767. The van der Waals surface area contributed by atoms with Crippen molar-refractivity contribution in [2.75, 3.05) is 5.32 Å². The van der Waals surface area contributed by atoms with E-state index in [-0.39, 0.29) is 0 Å². The molecule has 1 N–H and O–H groups in total. The maximum absolute atomic E-state index is 5.91. The van der Waals surface area contributed by atoms with Gasteiger partial charge in [-0.05, 0) is 29.3 Å². The van der Waals surface area contributed by atoms with Crippen LogP contribution in [0.4, 0.5) is 5.69 Å². The highest BCUT2D eigenvalue weighted by Crippen LogP contribution is 2.27. The lowest BCUT2D eigenvalue weighted by atomic mass is 10.0. The van der Waals surface area contributed by atoms with Crippen LogP contribution in [0.2, 0.25) is 5.02 Å². The average Bonchev–Trinajstić information content (AvgIpc) is 2.55. The van der Waals surface area contributed by atoms with Crippen molar-refractivity contribution in [1.29, 1.82) is 0 Å². The molecule has 3 aromatic rings. The molecule has 0 spiro atoms. The van der Waals surface area contributed by atoms with Crippen molar-refractivity contribution in [3.8, 4) is 11.1 Å². The van der Waals surface area contributed by atoms with Gasteiger partial charge in [-0.3, -0.25) is 0 Å². The van der Waals surface area contributed by atoms with E-state index in [9.17, 15) is 0 Å². The second-order valence-corrected chi connectivity index (χ2v) is 5.33. The Morgan fingerprint density at radius 3 is 2.14 bits per heavy atom. The summed E-state index contributed by atoms with van der Waals surface area (Å²) in [7, 11) is 0. The summed E-state index contributed by atoms with van der Waals surface area (Å²) < 4.78 is 0. The van der Waals surface area contributed by atoms with E-state index in [0.29, 0.717) is 0 Å². The van der Waals surface area contributed by atoms with Gasteiger partial charge in [-0.25, -0.2) is 0 Å². The third-order valence-electron chi connectivity index (χ3n) is 3.41. The van der Waals surface area contributed by atoms with E-state index in [0.717, 1.165) is 17.3 Å². The highest BCUT2D eigenvalue weighted by atomic mass is 35.5. The third-order valence-corrected chi connectivity index (χ3v) is 3.66. The average molecular weight is 294 g/mol. The Morgan fingerprint density at radius 1 is 0.714 bits per heavy atom. The van der Waals surface area contributed by atoms with Crippen LogP contribution in [0.3, 0.4) is 0 Å². The van der Waals surface area contributed by atoms with Crippen LogP contribution in [0.15, 0.2) is 78.9 Å². The Labute approximate surface area is 130 Å². The molecule has 0 saturated heterocycles.